The molecule has 0 aromatic rings. The van der Waals surface area contributed by atoms with E-state index in [1.807, 2.05) is 0 Å². The number of hydrogen-bond acceptors (Lipinski definition) is 4. The monoisotopic (exact) mass is 669 g/mol. The van der Waals surface area contributed by atoms with Gasteiger partial charge in [0.05, 0.1) is 0 Å². The Morgan fingerprint density at radius 3 is 1.31 bits per heavy atom. The predicted molar refractivity (Wildman–Crippen MR) is 206 cm³/mol. The summed E-state index contributed by atoms with van der Waals surface area (Å²) in [5.74, 6) is 0.281. The zero-order chi connectivity index (χ0) is 34.8. The lowest BCUT2D eigenvalue weighted by Crippen LogP contribution is -2.40. The van der Waals surface area contributed by atoms with Gasteiger partial charge in [0, 0.05) is 12.8 Å². The number of hydrogen-bond donors (Lipinski definition) is 0. The Morgan fingerprint density at radius 1 is 0.479 bits per heavy atom. The average Bonchev–Trinajstić information content (AvgIpc) is 3.09. The second kappa shape index (κ2) is 33.4. The summed E-state index contributed by atoms with van der Waals surface area (Å²) in [6.45, 7) is 6.69. The van der Waals surface area contributed by atoms with Crippen molar-refractivity contribution in [2.75, 3.05) is 0 Å². The third-order valence-corrected chi connectivity index (χ3v) is 9.65. The number of carbonyl (C=O) groups excluding carboxylic acids is 2. The standard InChI is InChI=1S/C44H76O4/c1-4-7-9-11-13-15-17-19-21-23-25-27-29-31-33-35-43(45)47-41-38-37-40(6-3)39-42(41)48-44(46)36-34-32-30-28-26-24-22-20-18-16-14-12-10-8-5-2/h13-16,19-22,40-42H,4-12,17-18,23-39H2,1-3H3/b15-13-,16-14-,21-19-,22-20-/t40-,41-,42+/m1/s1. The molecule has 0 amide bonds. The van der Waals surface area contributed by atoms with E-state index in [2.05, 4.69) is 69.4 Å². The Kier molecular flexibility index (Phi) is 30.6. The highest BCUT2D eigenvalue weighted by atomic mass is 16.6. The van der Waals surface area contributed by atoms with E-state index in [1.54, 1.807) is 0 Å². The van der Waals surface area contributed by atoms with Crippen LogP contribution in [0.5, 0.6) is 0 Å². The average molecular weight is 669 g/mol. The minimum absolute atomic E-state index is 0.128. The van der Waals surface area contributed by atoms with E-state index in [1.165, 1.54) is 77.0 Å². The van der Waals surface area contributed by atoms with Gasteiger partial charge in [-0.05, 0) is 102 Å². The molecule has 4 nitrogen and oxygen atoms in total. The molecule has 0 aromatic carbocycles. The number of rotatable bonds is 31. The summed E-state index contributed by atoms with van der Waals surface area (Å²) in [4.78, 5) is 25.4. The fourth-order valence-electron chi connectivity index (χ4n) is 6.43. The fraction of sp³-hybridized carbons (Fsp3) is 0.773. The molecule has 1 rings (SSSR count). The van der Waals surface area contributed by atoms with E-state index in [0.29, 0.717) is 18.8 Å². The van der Waals surface area contributed by atoms with Crippen LogP contribution in [0.3, 0.4) is 0 Å². The Balaban J connectivity index is 2.14. The maximum Gasteiger partial charge on any atom is 0.306 e. The molecule has 4 heteroatoms. The van der Waals surface area contributed by atoms with E-state index in [4.69, 9.17) is 9.47 Å². The molecule has 1 aliphatic carbocycles. The molecular formula is C44H76O4. The van der Waals surface area contributed by atoms with Gasteiger partial charge in [-0.15, -0.1) is 0 Å². The summed E-state index contributed by atoms with van der Waals surface area (Å²) in [5, 5.41) is 0. The molecule has 1 aliphatic rings. The lowest BCUT2D eigenvalue weighted by atomic mass is 9.83. The summed E-state index contributed by atoms with van der Waals surface area (Å²) in [6, 6.07) is 0. The van der Waals surface area contributed by atoms with Crippen LogP contribution in [0.25, 0.3) is 0 Å². The Morgan fingerprint density at radius 2 is 0.875 bits per heavy atom. The quantitative estimate of drug-likeness (QED) is 0.0419. The molecule has 48 heavy (non-hydrogen) atoms. The largest absolute Gasteiger partial charge is 0.458 e. The Labute approximate surface area is 297 Å². The predicted octanol–water partition coefficient (Wildman–Crippen LogP) is 13.6. The molecule has 0 bridgehead atoms. The minimum Gasteiger partial charge on any atom is -0.458 e. The number of unbranched alkanes of at least 4 members (excludes halogenated alkanes) is 16. The zero-order valence-electron chi connectivity index (χ0n) is 31.8. The molecule has 1 fully saturated rings. The van der Waals surface area contributed by atoms with Crippen LogP contribution >= 0.6 is 0 Å². The lowest BCUT2D eigenvalue weighted by molar-refractivity contribution is -0.173. The van der Waals surface area contributed by atoms with Gasteiger partial charge in [0.25, 0.3) is 0 Å². The summed E-state index contributed by atoms with van der Waals surface area (Å²) < 4.78 is 11.9. The van der Waals surface area contributed by atoms with Crippen LogP contribution in [0, 0.1) is 5.92 Å². The first-order valence-corrected chi connectivity index (χ1v) is 20.6. The highest BCUT2D eigenvalue weighted by molar-refractivity contribution is 5.70. The van der Waals surface area contributed by atoms with Crippen LogP contribution in [-0.4, -0.2) is 24.1 Å². The molecule has 0 spiro atoms. The number of esters is 2. The van der Waals surface area contributed by atoms with Crippen molar-refractivity contribution in [2.24, 2.45) is 5.92 Å². The van der Waals surface area contributed by atoms with Crippen molar-refractivity contribution in [3.63, 3.8) is 0 Å². The zero-order valence-corrected chi connectivity index (χ0v) is 31.8. The first-order valence-electron chi connectivity index (χ1n) is 20.6. The van der Waals surface area contributed by atoms with E-state index in [0.717, 1.165) is 89.9 Å². The van der Waals surface area contributed by atoms with Crippen LogP contribution < -0.4 is 0 Å². The molecule has 1 saturated carbocycles. The Bertz CT molecular complexity index is 869. The lowest BCUT2D eigenvalue weighted by Gasteiger charge is -2.35. The fourth-order valence-corrected chi connectivity index (χ4v) is 6.43. The molecular weight excluding hydrogens is 592 g/mol. The smallest absolute Gasteiger partial charge is 0.306 e. The first-order chi connectivity index (χ1) is 23.6. The van der Waals surface area contributed by atoms with Crippen LogP contribution in [0.15, 0.2) is 48.6 Å². The van der Waals surface area contributed by atoms with Crippen molar-refractivity contribution in [3.05, 3.63) is 48.6 Å². The molecule has 0 saturated heterocycles. The molecule has 0 aromatic heterocycles. The van der Waals surface area contributed by atoms with Crippen molar-refractivity contribution >= 4 is 11.9 Å². The van der Waals surface area contributed by atoms with Gasteiger partial charge >= 0.3 is 11.9 Å². The van der Waals surface area contributed by atoms with Crippen molar-refractivity contribution < 1.29 is 19.1 Å². The SMILES string of the molecule is CCCCC/C=C\C/C=C\CCCCCCCC(=O)O[C@H]1C[C@H](CC)CC[C@H]1OC(=O)CCCCCCC/C=C\C/C=C\CCCCC. The normalized spacial score (nSPS) is 18.5. The van der Waals surface area contributed by atoms with Crippen LogP contribution in [0.1, 0.15) is 201 Å². The summed E-state index contributed by atoms with van der Waals surface area (Å²) in [5.41, 5.74) is 0. The van der Waals surface area contributed by atoms with Crippen LogP contribution in [-0.2, 0) is 19.1 Å². The molecule has 0 unspecified atom stereocenters. The van der Waals surface area contributed by atoms with Gasteiger partial charge in [-0.1, -0.05) is 140 Å². The minimum atomic E-state index is -0.289. The van der Waals surface area contributed by atoms with Gasteiger partial charge < -0.3 is 9.47 Å². The highest BCUT2D eigenvalue weighted by Crippen LogP contribution is 2.31. The van der Waals surface area contributed by atoms with E-state index in [9.17, 15) is 9.59 Å². The molecule has 276 valence electrons. The second-order valence-corrected chi connectivity index (χ2v) is 14.1. The maximum absolute atomic E-state index is 12.7. The summed E-state index contributed by atoms with van der Waals surface area (Å²) in [7, 11) is 0. The van der Waals surface area contributed by atoms with Crippen LogP contribution in [0.4, 0.5) is 0 Å². The van der Waals surface area contributed by atoms with E-state index in [-0.39, 0.29) is 24.1 Å². The third kappa shape index (κ3) is 26.8. The molecule has 3 atom stereocenters. The van der Waals surface area contributed by atoms with Crippen molar-refractivity contribution in [1.29, 1.82) is 0 Å². The van der Waals surface area contributed by atoms with Gasteiger partial charge in [-0.3, -0.25) is 9.59 Å². The van der Waals surface area contributed by atoms with Gasteiger partial charge in [0.1, 0.15) is 12.2 Å². The topological polar surface area (TPSA) is 52.6 Å². The number of allylic oxidation sites excluding steroid dienone is 8. The van der Waals surface area contributed by atoms with Gasteiger partial charge in [-0.2, -0.15) is 0 Å². The number of ether oxygens (including phenoxy) is 2. The summed E-state index contributed by atoms with van der Waals surface area (Å²) in [6.07, 6.45) is 48.1. The number of carbonyl (C=O) groups is 2. The summed E-state index contributed by atoms with van der Waals surface area (Å²) >= 11 is 0. The molecule has 0 radical (unpaired) electrons. The van der Waals surface area contributed by atoms with Crippen LogP contribution in [0.2, 0.25) is 0 Å². The van der Waals surface area contributed by atoms with Crippen molar-refractivity contribution in [2.45, 2.75) is 213 Å². The van der Waals surface area contributed by atoms with E-state index < -0.39 is 0 Å². The highest BCUT2D eigenvalue weighted by Gasteiger charge is 2.35. The third-order valence-electron chi connectivity index (χ3n) is 9.65. The van der Waals surface area contributed by atoms with Gasteiger partial charge in [-0.25, -0.2) is 0 Å². The molecule has 0 N–H and O–H groups in total. The van der Waals surface area contributed by atoms with Crippen molar-refractivity contribution in [3.8, 4) is 0 Å². The first kappa shape index (κ1) is 43.9. The van der Waals surface area contributed by atoms with E-state index >= 15 is 0 Å². The molecule has 0 aliphatic heterocycles. The second-order valence-electron chi connectivity index (χ2n) is 14.1. The Hall–Kier alpha value is -2.10. The molecule has 0 heterocycles. The van der Waals surface area contributed by atoms with Crippen molar-refractivity contribution in [1.82, 2.24) is 0 Å². The maximum atomic E-state index is 12.7. The van der Waals surface area contributed by atoms with Gasteiger partial charge in [0.2, 0.25) is 0 Å². The van der Waals surface area contributed by atoms with Gasteiger partial charge in [0.15, 0.2) is 0 Å².